The van der Waals surface area contributed by atoms with Crippen LogP contribution in [0.1, 0.15) is 48.5 Å². The number of nitrogens with zero attached hydrogens (tertiary/aromatic N) is 6. The quantitative estimate of drug-likeness (QED) is 0.441. The maximum Gasteiger partial charge on any atom is 0.280 e. The zero-order valence-electron chi connectivity index (χ0n) is 18.5. The summed E-state index contributed by atoms with van der Waals surface area (Å²) in [5.41, 5.74) is 1.92. The highest BCUT2D eigenvalue weighted by Gasteiger charge is 2.30. The van der Waals surface area contributed by atoms with E-state index < -0.39 is 5.82 Å². The molecule has 1 aromatic carbocycles. The lowest BCUT2D eigenvalue weighted by Gasteiger charge is -2.28. The Bertz CT molecular complexity index is 1480. The van der Waals surface area contributed by atoms with Crippen LogP contribution in [0.2, 0.25) is 5.02 Å². The molecule has 0 spiro atoms. The molecule has 8 nitrogen and oxygen atoms in total. The molecular formula is C24H22ClFN6O2. The van der Waals surface area contributed by atoms with Crippen molar-refractivity contribution in [2.75, 3.05) is 6.61 Å². The molecule has 0 bridgehead atoms. The summed E-state index contributed by atoms with van der Waals surface area (Å²) in [6, 6.07) is 4.44. The molecule has 3 aromatic heterocycles. The molecule has 0 N–H and O–H groups in total. The Hall–Kier alpha value is -3.17. The van der Waals surface area contributed by atoms with E-state index in [2.05, 4.69) is 5.10 Å². The molecule has 2 aliphatic heterocycles. The van der Waals surface area contributed by atoms with Crippen LogP contribution in [0.15, 0.2) is 35.4 Å². The molecule has 34 heavy (non-hydrogen) atoms. The molecule has 0 unspecified atom stereocenters. The molecule has 2 aliphatic rings. The van der Waals surface area contributed by atoms with Gasteiger partial charge in [-0.05, 0) is 37.5 Å². The molecule has 4 aromatic rings. The predicted molar refractivity (Wildman–Crippen MR) is 124 cm³/mol. The second-order valence-corrected chi connectivity index (χ2v) is 9.30. The summed E-state index contributed by atoms with van der Waals surface area (Å²) in [5, 5.41) is 4.54. The molecule has 2 atom stereocenters. The summed E-state index contributed by atoms with van der Waals surface area (Å²) in [6.07, 6.45) is 6.45. The van der Waals surface area contributed by atoms with E-state index in [1.807, 2.05) is 13.2 Å². The van der Waals surface area contributed by atoms with Crippen molar-refractivity contribution in [2.45, 2.75) is 44.2 Å². The van der Waals surface area contributed by atoms with E-state index in [0.717, 1.165) is 12.0 Å². The molecule has 1 fully saturated rings. The Morgan fingerprint density at radius 1 is 1.21 bits per heavy atom. The molecule has 0 saturated carbocycles. The Labute approximate surface area is 199 Å². The SMILES string of the molecule is Cn1cc([C@H]2C[C@@H](c3nc(-c4ccc(Cl)cc4F)c4nc5n(c(=O)c4n3)CCC5)CCO2)cn1. The van der Waals surface area contributed by atoms with Crippen molar-refractivity contribution in [1.29, 1.82) is 0 Å². The van der Waals surface area contributed by atoms with E-state index in [9.17, 15) is 4.79 Å². The number of halogens is 2. The van der Waals surface area contributed by atoms with Gasteiger partial charge in [-0.1, -0.05) is 11.6 Å². The smallest absolute Gasteiger partial charge is 0.280 e. The third-order valence-corrected chi connectivity index (χ3v) is 6.85. The van der Waals surface area contributed by atoms with Crippen LogP contribution in [0.5, 0.6) is 0 Å². The lowest BCUT2D eigenvalue weighted by Crippen LogP contribution is -2.25. The van der Waals surface area contributed by atoms with Gasteiger partial charge in [-0.25, -0.2) is 19.3 Å². The van der Waals surface area contributed by atoms with E-state index in [-0.39, 0.29) is 33.7 Å². The fourth-order valence-electron chi connectivity index (χ4n) is 4.90. The zero-order chi connectivity index (χ0) is 23.4. The minimum Gasteiger partial charge on any atom is -0.373 e. The number of ether oxygens (including phenoxy) is 1. The van der Waals surface area contributed by atoms with Gasteiger partial charge in [0.2, 0.25) is 0 Å². The highest BCUT2D eigenvalue weighted by Crippen LogP contribution is 2.38. The fraction of sp³-hybridized carbons (Fsp3) is 0.375. The highest BCUT2D eigenvalue weighted by molar-refractivity contribution is 6.30. The summed E-state index contributed by atoms with van der Waals surface area (Å²) in [7, 11) is 1.86. The molecule has 10 heteroatoms. The Morgan fingerprint density at radius 2 is 2.09 bits per heavy atom. The lowest BCUT2D eigenvalue weighted by molar-refractivity contribution is 0.00398. The molecule has 1 saturated heterocycles. The van der Waals surface area contributed by atoms with Crippen molar-refractivity contribution in [3.8, 4) is 11.3 Å². The van der Waals surface area contributed by atoms with E-state index in [4.69, 9.17) is 31.3 Å². The number of aryl methyl sites for hydroxylation is 2. The second-order valence-electron chi connectivity index (χ2n) is 8.87. The van der Waals surface area contributed by atoms with Crippen LogP contribution in [-0.2, 0) is 24.8 Å². The maximum absolute atomic E-state index is 15.0. The van der Waals surface area contributed by atoms with E-state index >= 15 is 4.39 Å². The van der Waals surface area contributed by atoms with Gasteiger partial charge >= 0.3 is 0 Å². The first kappa shape index (κ1) is 21.4. The zero-order valence-corrected chi connectivity index (χ0v) is 19.3. The van der Waals surface area contributed by atoms with E-state index in [1.165, 1.54) is 6.07 Å². The highest BCUT2D eigenvalue weighted by atomic mass is 35.5. The summed E-state index contributed by atoms with van der Waals surface area (Å²) in [6.45, 7) is 1.14. The van der Waals surface area contributed by atoms with Crippen LogP contribution in [0.25, 0.3) is 22.3 Å². The lowest BCUT2D eigenvalue weighted by atomic mass is 9.92. The first-order chi connectivity index (χ1) is 16.5. The normalized spacial score (nSPS) is 20.1. The molecule has 0 radical (unpaired) electrons. The van der Waals surface area contributed by atoms with Crippen molar-refractivity contribution in [1.82, 2.24) is 29.3 Å². The van der Waals surface area contributed by atoms with Gasteiger partial charge in [-0.2, -0.15) is 5.10 Å². The van der Waals surface area contributed by atoms with Gasteiger partial charge < -0.3 is 4.74 Å². The van der Waals surface area contributed by atoms with Gasteiger partial charge in [0.1, 0.15) is 28.7 Å². The van der Waals surface area contributed by atoms with Crippen LogP contribution < -0.4 is 5.56 Å². The third kappa shape index (κ3) is 3.59. The van der Waals surface area contributed by atoms with Gasteiger partial charge in [0.25, 0.3) is 5.56 Å². The Morgan fingerprint density at radius 3 is 2.88 bits per heavy atom. The summed E-state index contributed by atoms with van der Waals surface area (Å²) in [4.78, 5) is 27.6. The van der Waals surface area contributed by atoms with E-state index in [0.29, 0.717) is 55.3 Å². The number of hydrogen-bond acceptors (Lipinski definition) is 6. The van der Waals surface area contributed by atoms with Gasteiger partial charge in [0.05, 0.1) is 12.3 Å². The molecule has 174 valence electrons. The van der Waals surface area contributed by atoms with Crippen molar-refractivity contribution in [3.05, 3.63) is 69.0 Å². The van der Waals surface area contributed by atoms with Crippen molar-refractivity contribution < 1.29 is 9.13 Å². The van der Waals surface area contributed by atoms with Crippen LogP contribution in [0, 0.1) is 5.82 Å². The Balaban J connectivity index is 1.52. The monoisotopic (exact) mass is 480 g/mol. The van der Waals surface area contributed by atoms with E-state index in [1.54, 1.807) is 27.6 Å². The van der Waals surface area contributed by atoms with Crippen molar-refractivity contribution in [3.63, 3.8) is 0 Å². The third-order valence-electron chi connectivity index (χ3n) is 6.62. The molecule has 5 heterocycles. The average Bonchev–Trinajstić information content (AvgIpc) is 3.48. The largest absolute Gasteiger partial charge is 0.373 e. The number of hydrogen-bond donors (Lipinski definition) is 0. The van der Waals surface area contributed by atoms with Crippen LogP contribution in [-0.4, -0.2) is 35.9 Å². The number of rotatable bonds is 3. The fourth-order valence-corrected chi connectivity index (χ4v) is 5.06. The summed E-state index contributed by atoms with van der Waals surface area (Å²) >= 11 is 5.99. The van der Waals surface area contributed by atoms with Gasteiger partial charge in [-0.3, -0.25) is 14.0 Å². The summed E-state index contributed by atoms with van der Waals surface area (Å²) in [5.74, 6) is 0.620. The molecule has 0 amide bonds. The first-order valence-electron chi connectivity index (χ1n) is 11.3. The predicted octanol–water partition coefficient (Wildman–Crippen LogP) is 3.96. The number of aromatic nitrogens is 6. The summed E-state index contributed by atoms with van der Waals surface area (Å²) < 4.78 is 24.4. The minimum absolute atomic E-state index is 0.0601. The molecular weight excluding hydrogens is 459 g/mol. The number of fused-ring (bicyclic) bond motifs is 2. The standard InChI is InChI=1S/C24H22ClFN6O2/c1-31-12-14(11-27-31)18-9-13(6-8-34-18)23-29-20(16-5-4-15(25)10-17(16)26)21-22(30-23)24(33)32-7-2-3-19(32)28-21/h4-5,10-13,18H,2-3,6-9H2,1H3/t13-,18+/m0/s1. The topological polar surface area (TPSA) is 87.7 Å². The Kier molecular flexibility index (Phi) is 5.18. The molecule has 6 rings (SSSR count). The first-order valence-corrected chi connectivity index (χ1v) is 11.7. The van der Waals surface area contributed by atoms with Gasteiger partial charge in [-0.15, -0.1) is 0 Å². The second kappa shape index (κ2) is 8.25. The average molecular weight is 481 g/mol. The molecule has 0 aliphatic carbocycles. The minimum atomic E-state index is -0.513. The van der Waals surface area contributed by atoms with Gasteiger partial charge in [0.15, 0.2) is 5.52 Å². The number of benzene rings is 1. The van der Waals surface area contributed by atoms with Crippen molar-refractivity contribution >= 4 is 22.6 Å². The van der Waals surface area contributed by atoms with Crippen LogP contribution >= 0.6 is 11.6 Å². The van der Waals surface area contributed by atoms with Gasteiger partial charge in [0, 0.05) is 54.9 Å². The van der Waals surface area contributed by atoms with Crippen molar-refractivity contribution in [2.24, 2.45) is 7.05 Å². The maximum atomic E-state index is 15.0. The van der Waals surface area contributed by atoms with Crippen LogP contribution in [0.4, 0.5) is 4.39 Å². The van der Waals surface area contributed by atoms with Crippen LogP contribution in [0.3, 0.4) is 0 Å².